The van der Waals surface area contributed by atoms with Crippen molar-refractivity contribution < 1.29 is 0 Å². The largest absolute Gasteiger partial charge is 0.327 e. The molecule has 70 valence electrons. The molecular formula is C9H14N4. The highest BCUT2D eigenvalue weighted by atomic mass is 15.3. The minimum Gasteiger partial charge on any atom is -0.327 e. The molecule has 2 rings (SSSR count). The molecule has 1 saturated carbocycles. The first-order valence-corrected chi connectivity index (χ1v) is 4.62. The topological polar surface area (TPSA) is 56.7 Å². The lowest BCUT2D eigenvalue weighted by atomic mass is 9.87. The highest BCUT2D eigenvalue weighted by Crippen LogP contribution is 2.26. The molecule has 0 spiro atoms. The molecule has 0 unspecified atom stereocenters. The Hall–Kier alpha value is -1.16. The third kappa shape index (κ3) is 1.62. The third-order valence-corrected chi connectivity index (χ3v) is 2.33. The van der Waals surface area contributed by atoms with Crippen LogP contribution in [0.1, 0.15) is 25.6 Å². The van der Waals surface area contributed by atoms with Crippen LogP contribution in [0.15, 0.2) is 11.9 Å². The van der Waals surface area contributed by atoms with Crippen LogP contribution < -0.4 is 5.73 Å². The van der Waals surface area contributed by atoms with Gasteiger partial charge in [-0.2, -0.15) is 5.10 Å². The van der Waals surface area contributed by atoms with Crippen molar-refractivity contribution in [2.75, 3.05) is 0 Å². The van der Waals surface area contributed by atoms with E-state index < -0.39 is 0 Å². The van der Waals surface area contributed by atoms with Gasteiger partial charge in [0, 0.05) is 12.6 Å². The summed E-state index contributed by atoms with van der Waals surface area (Å²) in [4.78, 5) is 4.17. The molecule has 0 saturated heterocycles. The average molecular weight is 178 g/mol. The van der Waals surface area contributed by atoms with Crippen molar-refractivity contribution >= 4 is 6.08 Å². The van der Waals surface area contributed by atoms with Crippen LogP contribution in [0.4, 0.5) is 0 Å². The molecular weight excluding hydrogens is 164 g/mol. The van der Waals surface area contributed by atoms with E-state index in [4.69, 9.17) is 5.73 Å². The number of rotatable bonds is 2. The molecule has 0 amide bonds. The zero-order valence-electron chi connectivity index (χ0n) is 7.77. The monoisotopic (exact) mass is 178 g/mol. The van der Waals surface area contributed by atoms with Gasteiger partial charge in [0.1, 0.15) is 6.33 Å². The predicted octanol–water partition coefficient (Wildman–Crippen LogP) is 0.802. The van der Waals surface area contributed by atoms with E-state index in [2.05, 4.69) is 23.1 Å². The molecule has 13 heavy (non-hydrogen) atoms. The smallest absolute Gasteiger partial charge is 0.150 e. The summed E-state index contributed by atoms with van der Waals surface area (Å²) in [6, 6.07) is 0.365. The van der Waals surface area contributed by atoms with Gasteiger partial charge in [0.2, 0.25) is 0 Å². The van der Waals surface area contributed by atoms with Gasteiger partial charge >= 0.3 is 0 Å². The first-order valence-electron chi connectivity index (χ1n) is 4.62. The zero-order chi connectivity index (χ0) is 9.26. The Labute approximate surface area is 77.5 Å². The molecule has 0 radical (unpaired) electrons. The number of hydrogen-bond acceptors (Lipinski definition) is 3. The standard InChI is InChI=1S/C9H14N4/c1-2-13-9(11-6-12-13)5-7-3-8(10)4-7/h5-6,8H,2-4,10H2,1H3. The van der Waals surface area contributed by atoms with E-state index in [0.717, 1.165) is 25.2 Å². The zero-order valence-corrected chi connectivity index (χ0v) is 7.77. The van der Waals surface area contributed by atoms with Crippen molar-refractivity contribution in [1.82, 2.24) is 14.8 Å². The van der Waals surface area contributed by atoms with Gasteiger partial charge < -0.3 is 5.73 Å². The summed E-state index contributed by atoms with van der Waals surface area (Å²) in [5, 5.41) is 4.09. The molecule has 1 aromatic heterocycles. The van der Waals surface area contributed by atoms with E-state index in [0.29, 0.717) is 6.04 Å². The first-order chi connectivity index (χ1) is 6.29. The minimum absolute atomic E-state index is 0.365. The van der Waals surface area contributed by atoms with Crippen molar-refractivity contribution in [3.05, 3.63) is 17.7 Å². The van der Waals surface area contributed by atoms with Crippen LogP contribution in [-0.4, -0.2) is 20.8 Å². The lowest BCUT2D eigenvalue weighted by molar-refractivity contribution is 0.545. The van der Waals surface area contributed by atoms with Crippen LogP contribution >= 0.6 is 0 Å². The van der Waals surface area contributed by atoms with E-state index >= 15 is 0 Å². The maximum atomic E-state index is 5.68. The molecule has 0 aliphatic heterocycles. The second-order valence-corrected chi connectivity index (χ2v) is 3.40. The minimum atomic E-state index is 0.365. The number of aryl methyl sites for hydroxylation is 1. The normalized spacial score (nSPS) is 21.4. The van der Waals surface area contributed by atoms with E-state index in [1.807, 2.05) is 4.68 Å². The van der Waals surface area contributed by atoms with Crippen LogP contribution in [-0.2, 0) is 6.54 Å². The fourth-order valence-electron chi connectivity index (χ4n) is 1.54. The Morgan fingerprint density at radius 3 is 3.08 bits per heavy atom. The summed E-state index contributed by atoms with van der Waals surface area (Å²) in [7, 11) is 0. The van der Waals surface area contributed by atoms with Crippen molar-refractivity contribution in [3.63, 3.8) is 0 Å². The summed E-state index contributed by atoms with van der Waals surface area (Å²) in [5.41, 5.74) is 7.07. The lowest BCUT2D eigenvalue weighted by Crippen LogP contribution is -2.30. The van der Waals surface area contributed by atoms with Gasteiger partial charge in [0.05, 0.1) is 0 Å². The number of hydrogen-bond donors (Lipinski definition) is 1. The molecule has 1 aliphatic rings. The van der Waals surface area contributed by atoms with Gasteiger partial charge in [-0.15, -0.1) is 0 Å². The van der Waals surface area contributed by atoms with Gasteiger partial charge in [-0.1, -0.05) is 5.57 Å². The van der Waals surface area contributed by atoms with Crippen LogP contribution in [0.3, 0.4) is 0 Å². The van der Waals surface area contributed by atoms with Gasteiger partial charge in [0.25, 0.3) is 0 Å². The van der Waals surface area contributed by atoms with Crippen LogP contribution in [0, 0.1) is 0 Å². The second-order valence-electron chi connectivity index (χ2n) is 3.40. The van der Waals surface area contributed by atoms with E-state index in [1.165, 1.54) is 5.57 Å². The maximum absolute atomic E-state index is 5.68. The molecule has 1 aliphatic carbocycles. The van der Waals surface area contributed by atoms with Crippen LogP contribution in [0.25, 0.3) is 6.08 Å². The number of nitrogens with zero attached hydrogens (tertiary/aromatic N) is 3. The van der Waals surface area contributed by atoms with Crippen molar-refractivity contribution in [2.45, 2.75) is 32.4 Å². The SMILES string of the molecule is CCn1ncnc1C=C1CC(N)C1. The third-order valence-electron chi connectivity index (χ3n) is 2.33. The average Bonchev–Trinajstić information content (AvgIpc) is 2.49. The Kier molecular flexibility index (Phi) is 2.14. The predicted molar refractivity (Wildman–Crippen MR) is 50.9 cm³/mol. The summed E-state index contributed by atoms with van der Waals surface area (Å²) in [6.07, 6.45) is 5.71. The molecule has 0 aromatic carbocycles. The van der Waals surface area contributed by atoms with E-state index in [1.54, 1.807) is 6.33 Å². The molecule has 0 atom stereocenters. The summed E-state index contributed by atoms with van der Waals surface area (Å²) >= 11 is 0. The highest BCUT2D eigenvalue weighted by Gasteiger charge is 2.19. The van der Waals surface area contributed by atoms with Gasteiger partial charge in [-0.05, 0) is 25.8 Å². The summed E-state index contributed by atoms with van der Waals surface area (Å²) in [6.45, 7) is 2.92. The molecule has 1 heterocycles. The Morgan fingerprint density at radius 2 is 2.46 bits per heavy atom. The second kappa shape index (κ2) is 3.30. The summed E-state index contributed by atoms with van der Waals surface area (Å²) in [5.74, 6) is 0.949. The van der Waals surface area contributed by atoms with Crippen molar-refractivity contribution in [3.8, 4) is 0 Å². The molecule has 4 heteroatoms. The fraction of sp³-hybridized carbons (Fsp3) is 0.556. The number of nitrogens with two attached hydrogens (primary N) is 1. The summed E-state index contributed by atoms with van der Waals surface area (Å²) < 4.78 is 1.89. The van der Waals surface area contributed by atoms with E-state index in [9.17, 15) is 0 Å². The molecule has 0 bridgehead atoms. The molecule has 1 fully saturated rings. The van der Waals surface area contributed by atoms with Crippen LogP contribution in [0.5, 0.6) is 0 Å². The Morgan fingerprint density at radius 1 is 1.69 bits per heavy atom. The molecule has 4 nitrogen and oxygen atoms in total. The molecule has 2 N–H and O–H groups in total. The van der Waals surface area contributed by atoms with Gasteiger partial charge in [-0.3, -0.25) is 0 Å². The van der Waals surface area contributed by atoms with Crippen molar-refractivity contribution in [1.29, 1.82) is 0 Å². The van der Waals surface area contributed by atoms with Gasteiger partial charge in [0.15, 0.2) is 5.82 Å². The van der Waals surface area contributed by atoms with Gasteiger partial charge in [-0.25, -0.2) is 9.67 Å². The first kappa shape index (κ1) is 8.44. The maximum Gasteiger partial charge on any atom is 0.150 e. The molecule has 1 aromatic rings. The van der Waals surface area contributed by atoms with Crippen molar-refractivity contribution in [2.24, 2.45) is 5.73 Å². The quantitative estimate of drug-likeness (QED) is 0.728. The van der Waals surface area contributed by atoms with E-state index in [-0.39, 0.29) is 0 Å². The fourth-order valence-corrected chi connectivity index (χ4v) is 1.54. The Balaban J connectivity index is 2.13. The highest BCUT2D eigenvalue weighted by molar-refractivity contribution is 5.48. The van der Waals surface area contributed by atoms with Crippen LogP contribution in [0.2, 0.25) is 0 Å². The Bertz CT molecular complexity index is 318. The lowest BCUT2D eigenvalue weighted by Gasteiger charge is -2.24. The number of aromatic nitrogens is 3.